The second-order valence-corrected chi connectivity index (χ2v) is 5.30. The van der Waals surface area contributed by atoms with Crippen molar-refractivity contribution in [1.29, 1.82) is 0 Å². The molecule has 0 aromatic heterocycles. The van der Waals surface area contributed by atoms with Gasteiger partial charge in [0.2, 0.25) is 0 Å². The minimum atomic E-state index is -0.783. The van der Waals surface area contributed by atoms with Crippen LogP contribution < -0.4 is 10.1 Å². The van der Waals surface area contributed by atoms with Crippen molar-refractivity contribution in [2.75, 3.05) is 11.9 Å². The molecule has 0 saturated carbocycles. The van der Waals surface area contributed by atoms with Gasteiger partial charge in [-0.1, -0.05) is 6.07 Å². The van der Waals surface area contributed by atoms with Crippen molar-refractivity contribution >= 4 is 25.2 Å². The number of anilines is 1. The number of hydrogen-bond acceptors (Lipinski definition) is 3. The summed E-state index contributed by atoms with van der Waals surface area (Å²) in [5.74, 6) is -2.41. The zero-order chi connectivity index (χ0) is 16.6. The van der Waals surface area contributed by atoms with Gasteiger partial charge in [-0.05, 0) is 29.8 Å². The lowest BCUT2D eigenvalue weighted by atomic mass is 9.75. The van der Waals surface area contributed by atoms with Gasteiger partial charge in [0.15, 0.2) is 12.4 Å². The summed E-state index contributed by atoms with van der Waals surface area (Å²) in [6.45, 7) is -0.0719. The van der Waals surface area contributed by atoms with Crippen molar-refractivity contribution in [3.8, 4) is 5.75 Å². The Bertz CT molecular complexity index is 810. The molecule has 2 aromatic rings. The molecule has 7 heteroatoms. The Hall–Kier alpha value is -2.70. The van der Waals surface area contributed by atoms with Crippen molar-refractivity contribution in [1.82, 2.24) is 0 Å². The predicted octanol–water partition coefficient (Wildman–Crippen LogP) is 1.85. The maximum absolute atomic E-state index is 13.8. The van der Waals surface area contributed by atoms with Crippen LogP contribution in [-0.2, 0) is 4.79 Å². The number of fused-ring (bicyclic) bond motifs is 1. The molecule has 1 heterocycles. The molecule has 1 aliphatic rings. The van der Waals surface area contributed by atoms with Crippen LogP contribution in [0.3, 0.4) is 0 Å². The first-order chi connectivity index (χ1) is 11.0. The smallest absolute Gasteiger partial charge is 0.262 e. The predicted molar refractivity (Wildman–Crippen MR) is 82.5 cm³/mol. The average Bonchev–Trinajstić information content (AvgIpc) is 2.53. The molecule has 1 N–H and O–H groups in total. The molecular weight excluding hydrogens is 303 g/mol. The van der Waals surface area contributed by atoms with Crippen molar-refractivity contribution in [2.45, 2.75) is 5.82 Å². The summed E-state index contributed by atoms with van der Waals surface area (Å²) in [6, 6.07) is 7.75. The lowest BCUT2D eigenvalue weighted by Gasteiger charge is -2.19. The maximum atomic E-state index is 13.8. The Labute approximate surface area is 131 Å². The number of hydrogen-bond donors (Lipinski definition) is 1. The molecule has 1 unspecified atom stereocenters. The topological polar surface area (TPSA) is 55.4 Å². The number of Topliss-reactive ketones (excluding diaryl/α,β-unsaturated/α-hetero) is 1. The van der Waals surface area contributed by atoms with Crippen molar-refractivity contribution < 1.29 is 23.1 Å². The molecule has 1 amide bonds. The Morgan fingerprint density at radius 3 is 2.74 bits per heavy atom. The van der Waals surface area contributed by atoms with Crippen molar-refractivity contribution in [3.63, 3.8) is 0 Å². The molecule has 3 rings (SSSR count). The molecule has 2 aromatic carbocycles. The van der Waals surface area contributed by atoms with Gasteiger partial charge < -0.3 is 10.1 Å². The highest BCUT2D eigenvalue weighted by atomic mass is 19.1. The van der Waals surface area contributed by atoms with Gasteiger partial charge in [0.1, 0.15) is 25.2 Å². The minimum Gasteiger partial charge on any atom is -0.482 e. The Morgan fingerprint density at radius 1 is 1.22 bits per heavy atom. The van der Waals surface area contributed by atoms with E-state index in [0.717, 1.165) is 12.1 Å². The maximum Gasteiger partial charge on any atom is 0.262 e. The number of benzene rings is 2. The molecule has 0 bridgehead atoms. The van der Waals surface area contributed by atoms with E-state index in [1.165, 1.54) is 12.1 Å². The normalized spacial score (nSPS) is 14.4. The summed E-state index contributed by atoms with van der Waals surface area (Å²) in [4.78, 5) is 23.9. The second kappa shape index (κ2) is 5.83. The molecule has 1 atom stereocenters. The van der Waals surface area contributed by atoms with E-state index in [9.17, 15) is 18.4 Å². The zero-order valence-corrected chi connectivity index (χ0v) is 12.2. The molecule has 0 fully saturated rings. The van der Waals surface area contributed by atoms with Crippen LogP contribution in [0.4, 0.5) is 14.5 Å². The first-order valence-electron chi connectivity index (χ1n) is 7.01. The first-order valence-corrected chi connectivity index (χ1v) is 7.01. The molecule has 0 radical (unpaired) electrons. The molecule has 116 valence electrons. The van der Waals surface area contributed by atoms with Crippen LogP contribution in [0.25, 0.3) is 0 Å². The number of ether oxygens (including phenoxy) is 1. The lowest BCUT2D eigenvalue weighted by Crippen LogP contribution is -2.25. The van der Waals surface area contributed by atoms with Gasteiger partial charge in [-0.2, -0.15) is 0 Å². The summed E-state index contributed by atoms with van der Waals surface area (Å²) < 4.78 is 32.0. The highest BCUT2D eigenvalue weighted by molar-refractivity contribution is 6.28. The second-order valence-electron chi connectivity index (χ2n) is 5.30. The summed E-state index contributed by atoms with van der Waals surface area (Å²) in [6.07, 6.45) is 0. The van der Waals surface area contributed by atoms with Gasteiger partial charge in [-0.15, -0.1) is 0 Å². The molecule has 0 aliphatic carbocycles. The Balaban J connectivity index is 1.90. The van der Waals surface area contributed by atoms with Crippen LogP contribution in [0.15, 0.2) is 36.4 Å². The highest BCUT2D eigenvalue weighted by Crippen LogP contribution is 2.30. The van der Waals surface area contributed by atoms with E-state index >= 15 is 0 Å². The van der Waals surface area contributed by atoms with Crippen LogP contribution in [0, 0.1) is 11.6 Å². The van der Waals surface area contributed by atoms with Gasteiger partial charge in [0.05, 0.1) is 5.69 Å². The Morgan fingerprint density at radius 2 is 2.00 bits per heavy atom. The monoisotopic (exact) mass is 315 g/mol. The Kier molecular flexibility index (Phi) is 3.86. The van der Waals surface area contributed by atoms with E-state index < -0.39 is 17.5 Å². The third-order valence-corrected chi connectivity index (χ3v) is 3.72. The number of amides is 1. The molecule has 0 saturated heterocycles. The number of rotatable bonds is 3. The fourth-order valence-corrected chi connectivity index (χ4v) is 2.48. The van der Waals surface area contributed by atoms with Gasteiger partial charge in [-0.25, -0.2) is 8.78 Å². The minimum absolute atomic E-state index is 0.0719. The summed E-state index contributed by atoms with van der Waals surface area (Å²) in [5.41, 5.74) is 0.832. The van der Waals surface area contributed by atoms with Crippen LogP contribution >= 0.6 is 0 Å². The number of halogens is 2. The van der Waals surface area contributed by atoms with E-state index in [4.69, 9.17) is 4.74 Å². The largest absolute Gasteiger partial charge is 0.482 e. The standard InChI is InChI=1S/C16H12BF2NO3/c17-15(10-3-2-9(18)6-11(10)19)16(22)8-1-4-13-12(5-8)20-14(21)7-23-13/h1-6,15H,7,17H2,(H,20,21). The van der Waals surface area contributed by atoms with Gasteiger partial charge >= 0.3 is 0 Å². The van der Waals surface area contributed by atoms with Crippen LogP contribution in [0.1, 0.15) is 21.7 Å². The average molecular weight is 315 g/mol. The number of nitrogens with one attached hydrogen (secondary N) is 1. The molecular formula is C16H12BF2NO3. The number of ketones is 1. The molecule has 4 nitrogen and oxygen atoms in total. The summed E-state index contributed by atoms with van der Waals surface area (Å²) in [7, 11) is 1.55. The first kappa shape index (κ1) is 15.2. The van der Waals surface area contributed by atoms with Gasteiger partial charge in [0.25, 0.3) is 5.91 Å². The van der Waals surface area contributed by atoms with E-state index in [0.29, 0.717) is 17.0 Å². The third-order valence-electron chi connectivity index (χ3n) is 3.72. The number of carbonyl (C=O) groups is 2. The van der Waals surface area contributed by atoms with Crippen LogP contribution in [-0.4, -0.2) is 26.1 Å². The zero-order valence-electron chi connectivity index (χ0n) is 12.2. The summed E-state index contributed by atoms with van der Waals surface area (Å²) in [5, 5.41) is 2.61. The van der Waals surface area contributed by atoms with Crippen LogP contribution in [0.5, 0.6) is 5.75 Å². The third kappa shape index (κ3) is 2.95. The number of carbonyl (C=O) groups excluding carboxylic acids is 2. The molecule has 0 spiro atoms. The highest BCUT2D eigenvalue weighted by Gasteiger charge is 2.23. The van der Waals surface area contributed by atoms with Crippen molar-refractivity contribution in [3.05, 3.63) is 59.2 Å². The fraction of sp³-hybridized carbons (Fsp3) is 0.125. The van der Waals surface area contributed by atoms with Gasteiger partial charge in [-0.3, -0.25) is 9.59 Å². The van der Waals surface area contributed by atoms with Crippen molar-refractivity contribution in [2.24, 2.45) is 0 Å². The lowest BCUT2D eigenvalue weighted by molar-refractivity contribution is -0.118. The SMILES string of the molecule is BC(C(=O)c1ccc2c(c1)NC(=O)CO2)c1ccc(F)cc1F. The quantitative estimate of drug-likeness (QED) is 0.695. The van der Waals surface area contributed by atoms with E-state index in [1.807, 2.05) is 0 Å². The molecule has 1 aliphatic heterocycles. The molecule has 23 heavy (non-hydrogen) atoms. The van der Waals surface area contributed by atoms with E-state index in [1.54, 1.807) is 20.0 Å². The van der Waals surface area contributed by atoms with E-state index in [2.05, 4.69) is 5.32 Å². The fourth-order valence-electron chi connectivity index (χ4n) is 2.48. The van der Waals surface area contributed by atoms with E-state index in [-0.39, 0.29) is 23.9 Å². The van der Waals surface area contributed by atoms with Crippen LogP contribution in [0.2, 0.25) is 0 Å². The van der Waals surface area contributed by atoms with Gasteiger partial charge in [0, 0.05) is 17.4 Å². The summed E-state index contributed by atoms with van der Waals surface area (Å²) >= 11 is 0.